The van der Waals surface area contributed by atoms with Crippen molar-refractivity contribution in [1.29, 1.82) is 0 Å². The molecule has 0 aliphatic carbocycles. The topological polar surface area (TPSA) is 9.23 Å². The molecule has 0 aliphatic heterocycles. The van der Waals surface area contributed by atoms with Gasteiger partial charge in [0, 0.05) is 5.75 Å². The molecule has 1 nitrogen and oxygen atoms in total. The predicted molar refractivity (Wildman–Crippen MR) is 53.3 cm³/mol. The molecule has 10 heavy (non-hydrogen) atoms. The van der Waals surface area contributed by atoms with E-state index in [9.17, 15) is 0 Å². The number of hydrogen-bond donors (Lipinski definition) is 0. The zero-order chi connectivity index (χ0) is 7.82. The first kappa shape index (κ1) is 10.8. The molecule has 0 fully saturated rings. The normalized spacial score (nSPS) is 11.6. The first-order valence-corrected chi connectivity index (χ1v) is 7.40. The van der Waals surface area contributed by atoms with E-state index in [2.05, 4.69) is 13.8 Å². The largest absolute Gasteiger partial charge is 0.414 e. The van der Waals surface area contributed by atoms with Gasteiger partial charge in [-0.2, -0.15) is 4.52 Å². The molecule has 0 amide bonds. The lowest BCUT2D eigenvalue weighted by Crippen LogP contribution is -1.80. The third-order valence-corrected chi connectivity index (χ3v) is 4.76. The van der Waals surface area contributed by atoms with Crippen molar-refractivity contribution in [3.05, 3.63) is 0 Å². The Balaban J connectivity index is 3.09. The van der Waals surface area contributed by atoms with Crippen LogP contribution in [0.25, 0.3) is 0 Å². The van der Waals surface area contributed by atoms with E-state index in [1.165, 1.54) is 6.42 Å². The Kier molecular flexibility index (Phi) is 8.59. The van der Waals surface area contributed by atoms with Gasteiger partial charge in [-0.05, 0) is 12.8 Å². The minimum absolute atomic E-state index is 0.592. The zero-order valence-corrected chi connectivity index (χ0v) is 9.03. The van der Waals surface area contributed by atoms with Crippen molar-refractivity contribution < 1.29 is 4.52 Å². The fraction of sp³-hybridized carbons (Fsp3) is 1.00. The Bertz CT molecular complexity index is 87.7. The Morgan fingerprint density at radius 1 is 1.40 bits per heavy atom. The second-order valence-corrected chi connectivity index (χ2v) is 6.72. The summed E-state index contributed by atoms with van der Waals surface area (Å²) >= 11 is 6.85. The third-order valence-electron chi connectivity index (χ3n) is 0.802. The van der Waals surface area contributed by atoms with Gasteiger partial charge in [-0.15, -0.1) is 0 Å². The summed E-state index contributed by atoms with van der Waals surface area (Å²) in [5.41, 5.74) is 0. The van der Waals surface area contributed by atoms with E-state index in [4.69, 9.17) is 16.3 Å². The lowest BCUT2D eigenvalue weighted by molar-refractivity contribution is 0.368. The average molecular weight is 197 g/mol. The standard InChI is InChI=1S/C6H14OPS2/c1-3-5-7-8(9)10-6-4-2/h3-6H2,1-2H3/q+1. The molecule has 0 saturated heterocycles. The summed E-state index contributed by atoms with van der Waals surface area (Å²) in [5, 5.41) is 0. The summed E-state index contributed by atoms with van der Waals surface area (Å²) in [7, 11) is 0. The van der Waals surface area contributed by atoms with Gasteiger partial charge >= 0.3 is 6.13 Å². The van der Waals surface area contributed by atoms with Crippen LogP contribution in [-0.2, 0) is 16.3 Å². The predicted octanol–water partition coefficient (Wildman–Crippen LogP) is 3.33. The van der Waals surface area contributed by atoms with E-state index in [1.54, 1.807) is 11.4 Å². The van der Waals surface area contributed by atoms with E-state index < -0.39 is 6.13 Å². The SMILES string of the molecule is CCCO[P+](=S)SCCC. The summed E-state index contributed by atoms with van der Waals surface area (Å²) in [6.45, 7) is 5.08. The van der Waals surface area contributed by atoms with Gasteiger partial charge < -0.3 is 0 Å². The van der Waals surface area contributed by atoms with Gasteiger partial charge in [-0.3, -0.25) is 0 Å². The molecule has 0 spiro atoms. The van der Waals surface area contributed by atoms with Gasteiger partial charge in [0.2, 0.25) is 11.8 Å². The Morgan fingerprint density at radius 2 is 2.10 bits per heavy atom. The van der Waals surface area contributed by atoms with Gasteiger partial charge in [0.25, 0.3) is 0 Å². The van der Waals surface area contributed by atoms with Gasteiger partial charge in [0.15, 0.2) is 0 Å². The summed E-state index contributed by atoms with van der Waals surface area (Å²) in [6, 6.07) is 0. The molecule has 0 saturated carbocycles. The third kappa shape index (κ3) is 6.94. The van der Waals surface area contributed by atoms with E-state index in [0.717, 1.165) is 18.8 Å². The smallest absolute Gasteiger partial charge is 0.158 e. The summed E-state index contributed by atoms with van der Waals surface area (Å²) in [4.78, 5) is 0. The van der Waals surface area contributed by atoms with Crippen LogP contribution in [0.3, 0.4) is 0 Å². The molecule has 0 rings (SSSR count). The van der Waals surface area contributed by atoms with Crippen LogP contribution >= 0.6 is 17.5 Å². The summed E-state index contributed by atoms with van der Waals surface area (Å²) in [6.07, 6.45) is 1.67. The van der Waals surface area contributed by atoms with E-state index in [1.807, 2.05) is 0 Å². The van der Waals surface area contributed by atoms with Crippen LogP contribution < -0.4 is 0 Å². The van der Waals surface area contributed by atoms with E-state index in [0.29, 0.717) is 0 Å². The van der Waals surface area contributed by atoms with Crippen molar-refractivity contribution >= 4 is 29.3 Å². The molecule has 0 radical (unpaired) electrons. The molecular weight excluding hydrogens is 183 g/mol. The van der Waals surface area contributed by atoms with Crippen molar-refractivity contribution in [3.63, 3.8) is 0 Å². The maximum absolute atomic E-state index is 5.34. The minimum atomic E-state index is -0.592. The number of hydrogen-bond acceptors (Lipinski definition) is 3. The maximum atomic E-state index is 5.34. The molecule has 0 aliphatic rings. The van der Waals surface area contributed by atoms with Crippen LogP contribution in [0.4, 0.5) is 0 Å². The monoisotopic (exact) mass is 197 g/mol. The van der Waals surface area contributed by atoms with Crippen molar-refractivity contribution in [1.82, 2.24) is 0 Å². The first-order chi connectivity index (χ1) is 4.81. The highest BCUT2D eigenvalue weighted by atomic mass is 32.9. The average Bonchev–Trinajstić information content (AvgIpc) is 1.97. The van der Waals surface area contributed by atoms with E-state index in [-0.39, 0.29) is 0 Å². The van der Waals surface area contributed by atoms with Crippen LogP contribution in [0, 0.1) is 0 Å². The van der Waals surface area contributed by atoms with Crippen molar-refractivity contribution in [2.24, 2.45) is 0 Å². The highest BCUT2D eigenvalue weighted by Gasteiger charge is 2.11. The molecule has 1 atom stereocenters. The number of rotatable bonds is 6. The van der Waals surface area contributed by atoms with Crippen LogP contribution in [0.15, 0.2) is 0 Å². The lowest BCUT2D eigenvalue weighted by Gasteiger charge is -1.87. The fourth-order valence-corrected chi connectivity index (χ4v) is 3.44. The van der Waals surface area contributed by atoms with Crippen LogP contribution in [0.5, 0.6) is 0 Å². The molecule has 0 aromatic rings. The summed E-state index contributed by atoms with van der Waals surface area (Å²) in [5.74, 6) is 1.14. The molecule has 0 bridgehead atoms. The molecular formula is C6H14OPS2+. The Hall–Kier alpha value is 0.830. The van der Waals surface area contributed by atoms with Crippen molar-refractivity contribution in [3.8, 4) is 0 Å². The highest BCUT2D eigenvalue weighted by molar-refractivity contribution is 8.62. The lowest BCUT2D eigenvalue weighted by atomic mass is 10.5. The molecule has 60 valence electrons. The van der Waals surface area contributed by atoms with Crippen LogP contribution in [0.1, 0.15) is 26.7 Å². The molecule has 0 heterocycles. The maximum Gasteiger partial charge on any atom is 0.414 e. The van der Waals surface area contributed by atoms with Gasteiger partial charge in [0.1, 0.15) is 18.0 Å². The second kappa shape index (κ2) is 7.93. The molecule has 0 aromatic carbocycles. The zero-order valence-electron chi connectivity index (χ0n) is 6.50. The molecule has 0 N–H and O–H groups in total. The molecule has 1 unspecified atom stereocenters. The quantitative estimate of drug-likeness (QED) is 0.604. The second-order valence-electron chi connectivity index (χ2n) is 1.89. The van der Waals surface area contributed by atoms with Crippen molar-refractivity contribution in [2.45, 2.75) is 26.7 Å². The first-order valence-electron chi connectivity index (χ1n) is 3.54. The van der Waals surface area contributed by atoms with Gasteiger partial charge in [-0.1, -0.05) is 13.8 Å². The van der Waals surface area contributed by atoms with Gasteiger partial charge in [-0.25, -0.2) is 0 Å². The van der Waals surface area contributed by atoms with Gasteiger partial charge in [0.05, 0.1) is 0 Å². The molecule has 0 aromatic heterocycles. The molecule has 4 heteroatoms. The Morgan fingerprint density at radius 3 is 2.60 bits per heavy atom. The minimum Gasteiger partial charge on any atom is -0.158 e. The summed E-state index contributed by atoms with van der Waals surface area (Å²) < 4.78 is 5.34. The van der Waals surface area contributed by atoms with E-state index >= 15 is 0 Å². The van der Waals surface area contributed by atoms with Crippen molar-refractivity contribution in [2.75, 3.05) is 12.4 Å². The van der Waals surface area contributed by atoms with Crippen LogP contribution in [0.2, 0.25) is 0 Å². The van der Waals surface area contributed by atoms with Crippen LogP contribution in [-0.4, -0.2) is 12.4 Å². The Labute approximate surface area is 73.2 Å². The highest BCUT2D eigenvalue weighted by Crippen LogP contribution is 2.39. The fourth-order valence-electron chi connectivity index (χ4n) is 0.369.